The molecule has 0 saturated carbocycles. The summed E-state index contributed by atoms with van der Waals surface area (Å²) < 4.78 is 4.90. The van der Waals surface area contributed by atoms with Crippen LogP contribution in [-0.4, -0.2) is 21.8 Å². The maximum atomic E-state index is 9.41. The van der Waals surface area contributed by atoms with Gasteiger partial charge < -0.3 is 15.4 Å². The molecule has 1 heterocycles. The van der Waals surface area contributed by atoms with Crippen LogP contribution in [0.4, 0.5) is 0 Å². The van der Waals surface area contributed by atoms with Crippen LogP contribution in [0.1, 0.15) is 23.4 Å². The van der Waals surface area contributed by atoms with Crippen LogP contribution in [0, 0.1) is 0 Å². The minimum Gasteiger partial charge on any atom is -0.382 e. The fraction of sp³-hybridized carbons (Fsp3) is 0.273. The molecular formula is C11H12ClN3O2. The van der Waals surface area contributed by atoms with Gasteiger partial charge in [0.1, 0.15) is 6.10 Å². The summed E-state index contributed by atoms with van der Waals surface area (Å²) in [5.74, 6) is 0.638. The summed E-state index contributed by atoms with van der Waals surface area (Å²) in [5, 5.41) is 13.8. The average molecular weight is 254 g/mol. The molecule has 0 aliphatic carbocycles. The lowest BCUT2D eigenvalue weighted by molar-refractivity contribution is 0.141. The Bertz CT molecular complexity index is 501. The molecule has 90 valence electrons. The maximum Gasteiger partial charge on any atom is 0.256 e. The largest absolute Gasteiger partial charge is 0.382 e. The Hall–Kier alpha value is -1.43. The second kappa shape index (κ2) is 5.27. The predicted molar refractivity (Wildman–Crippen MR) is 62.6 cm³/mol. The molecule has 0 amide bonds. The molecule has 0 aliphatic rings. The van der Waals surface area contributed by atoms with Gasteiger partial charge in [-0.15, -0.1) is 0 Å². The third-order valence-corrected chi connectivity index (χ3v) is 2.48. The van der Waals surface area contributed by atoms with Crippen molar-refractivity contribution in [3.63, 3.8) is 0 Å². The monoisotopic (exact) mass is 253 g/mol. The Morgan fingerprint density at radius 3 is 3.00 bits per heavy atom. The van der Waals surface area contributed by atoms with Crippen molar-refractivity contribution in [3.8, 4) is 0 Å². The maximum absolute atomic E-state index is 9.41. The molecular weight excluding hydrogens is 242 g/mol. The minimum absolute atomic E-state index is 0.0544. The topological polar surface area (TPSA) is 85.2 Å². The molecule has 0 aliphatic heterocycles. The quantitative estimate of drug-likeness (QED) is 0.858. The van der Waals surface area contributed by atoms with E-state index in [-0.39, 0.29) is 12.4 Å². The van der Waals surface area contributed by atoms with Gasteiger partial charge in [-0.05, 0) is 17.7 Å². The number of halogens is 1. The van der Waals surface area contributed by atoms with Gasteiger partial charge in [-0.25, -0.2) is 0 Å². The molecule has 0 spiro atoms. The standard InChI is InChI=1S/C11H12ClN3O2/c12-8-3-1-2-7(4-8)5-10-14-11(17-15-10)9(16)6-13/h1-4,9,16H,5-6,13H2/t9-/m0/s1. The fourth-order valence-electron chi connectivity index (χ4n) is 1.40. The average Bonchev–Trinajstić information content (AvgIpc) is 2.76. The SMILES string of the molecule is NC[C@H](O)c1nc(Cc2cccc(Cl)c2)no1. The van der Waals surface area contributed by atoms with Crippen LogP contribution in [0.3, 0.4) is 0 Å². The summed E-state index contributed by atoms with van der Waals surface area (Å²) in [6.07, 6.45) is -0.406. The number of benzene rings is 1. The smallest absolute Gasteiger partial charge is 0.256 e. The second-order valence-electron chi connectivity index (χ2n) is 3.61. The van der Waals surface area contributed by atoms with Crippen molar-refractivity contribution >= 4 is 11.6 Å². The predicted octanol–water partition coefficient (Wildman–Crippen LogP) is 1.31. The molecule has 17 heavy (non-hydrogen) atoms. The van der Waals surface area contributed by atoms with Gasteiger partial charge in [-0.2, -0.15) is 4.98 Å². The summed E-state index contributed by atoms with van der Waals surface area (Å²) in [6, 6.07) is 7.40. The molecule has 3 N–H and O–H groups in total. The first-order valence-corrected chi connectivity index (χ1v) is 5.52. The number of nitrogens with zero attached hydrogens (tertiary/aromatic N) is 2. The first kappa shape index (κ1) is 12.0. The molecule has 0 saturated heterocycles. The summed E-state index contributed by atoms with van der Waals surface area (Å²) in [7, 11) is 0. The van der Waals surface area contributed by atoms with Gasteiger partial charge in [-0.1, -0.05) is 28.9 Å². The first-order valence-electron chi connectivity index (χ1n) is 5.14. The van der Waals surface area contributed by atoms with Gasteiger partial charge in [0.25, 0.3) is 5.89 Å². The zero-order valence-electron chi connectivity index (χ0n) is 9.01. The Labute approximate surface area is 103 Å². The van der Waals surface area contributed by atoms with E-state index in [1.165, 1.54) is 0 Å². The highest BCUT2D eigenvalue weighted by atomic mass is 35.5. The molecule has 0 bridgehead atoms. The van der Waals surface area contributed by atoms with E-state index in [1.807, 2.05) is 18.2 Å². The lowest BCUT2D eigenvalue weighted by atomic mass is 10.1. The highest BCUT2D eigenvalue weighted by Crippen LogP contribution is 2.15. The zero-order valence-corrected chi connectivity index (χ0v) is 9.76. The van der Waals surface area contributed by atoms with Crippen LogP contribution < -0.4 is 5.73 Å². The molecule has 6 heteroatoms. The summed E-state index contributed by atoms with van der Waals surface area (Å²) in [6.45, 7) is 0.0544. The molecule has 2 rings (SSSR count). The number of aliphatic hydroxyl groups is 1. The molecule has 0 radical (unpaired) electrons. The van der Waals surface area contributed by atoms with Crippen LogP contribution in [0.15, 0.2) is 28.8 Å². The highest BCUT2D eigenvalue weighted by Gasteiger charge is 2.14. The van der Waals surface area contributed by atoms with E-state index in [0.29, 0.717) is 17.3 Å². The second-order valence-corrected chi connectivity index (χ2v) is 4.04. The molecule has 1 aromatic carbocycles. The van der Waals surface area contributed by atoms with E-state index < -0.39 is 6.10 Å². The van der Waals surface area contributed by atoms with E-state index in [9.17, 15) is 5.11 Å². The Balaban J connectivity index is 2.11. The lowest BCUT2D eigenvalue weighted by Crippen LogP contribution is -2.11. The number of nitrogens with two attached hydrogens (primary N) is 1. The van der Waals surface area contributed by atoms with Crippen LogP contribution >= 0.6 is 11.6 Å². The molecule has 1 aromatic heterocycles. The van der Waals surface area contributed by atoms with Crippen LogP contribution in [0.2, 0.25) is 5.02 Å². The van der Waals surface area contributed by atoms with Crippen molar-refractivity contribution in [2.24, 2.45) is 5.73 Å². The molecule has 2 aromatic rings. The Kier molecular flexibility index (Phi) is 3.73. The van der Waals surface area contributed by atoms with Crippen LogP contribution in [-0.2, 0) is 6.42 Å². The van der Waals surface area contributed by atoms with Gasteiger partial charge in [0, 0.05) is 18.0 Å². The van der Waals surface area contributed by atoms with Crippen molar-refractivity contribution in [1.29, 1.82) is 0 Å². The van der Waals surface area contributed by atoms with Gasteiger partial charge >= 0.3 is 0 Å². The molecule has 0 unspecified atom stereocenters. The van der Waals surface area contributed by atoms with Crippen LogP contribution in [0.5, 0.6) is 0 Å². The number of hydrogen-bond acceptors (Lipinski definition) is 5. The number of rotatable bonds is 4. The van der Waals surface area contributed by atoms with E-state index in [1.54, 1.807) is 6.07 Å². The van der Waals surface area contributed by atoms with Crippen molar-refractivity contribution in [3.05, 3.63) is 46.6 Å². The normalized spacial score (nSPS) is 12.6. The van der Waals surface area contributed by atoms with E-state index in [4.69, 9.17) is 21.9 Å². The lowest BCUT2D eigenvalue weighted by Gasteiger charge is -1.98. The summed E-state index contributed by atoms with van der Waals surface area (Å²) >= 11 is 5.87. The van der Waals surface area contributed by atoms with Crippen molar-refractivity contribution < 1.29 is 9.63 Å². The fourth-order valence-corrected chi connectivity index (χ4v) is 1.62. The summed E-state index contributed by atoms with van der Waals surface area (Å²) in [4.78, 5) is 4.06. The molecule has 1 atom stereocenters. The van der Waals surface area contributed by atoms with E-state index >= 15 is 0 Å². The minimum atomic E-state index is -0.907. The van der Waals surface area contributed by atoms with Gasteiger partial charge in [0.15, 0.2) is 5.82 Å². The van der Waals surface area contributed by atoms with Gasteiger partial charge in [0.05, 0.1) is 0 Å². The molecule has 5 nitrogen and oxygen atoms in total. The summed E-state index contributed by atoms with van der Waals surface area (Å²) in [5.41, 5.74) is 6.27. The van der Waals surface area contributed by atoms with Gasteiger partial charge in [0.2, 0.25) is 0 Å². The first-order chi connectivity index (χ1) is 8.19. The third kappa shape index (κ3) is 3.03. The third-order valence-electron chi connectivity index (χ3n) is 2.24. The zero-order chi connectivity index (χ0) is 12.3. The Morgan fingerprint density at radius 1 is 1.47 bits per heavy atom. The van der Waals surface area contributed by atoms with Crippen molar-refractivity contribution in [1.82, 2.24) is 10.1 Å². The number of hydrogen-bond donors (Lipinski definition) is 2. The highest BCUT2D eigenvalue weighted by molar-refractivity contribution is 6.30. The number of aromatic nitrogens is 2. The van der Waals surface area contributed by atoms with Crippen molar-refractivity contribution in [2.45, 2.75) is 12.5 Å². The van der Waals surface area contributed by atoms with E-state index in [0.717, 1.165) is 5.56 Å². The molecule has 0 fully saturated rings. The van der Waals surface area contributed by atoms with Gasteiger partial charge in [-0.3, -0.25) is 0 Å². The number of aliphatic hydroxyl groups excluding tert-OH is 1. The Morgan fingerprint density at radius 2 is 2.29 bits per heavy atom. The van der Waals surface area contributed by atoms with Crippen LogP contribution in [0.25, 0.3) is 0 Å². The van der Waals surface area contributed by atoms with E-state index in [2.05, 4.69) is 10.1 Å². The van der Waals surface area contributed by atoms with Crippen molar-refractivity contribution in [2.75, 3.05) is 6.54 Å².